The van der Waals surface area contributed by atoms with Crippen molar-refractivity contribution in [3.63, 3.8) is 0 Å². The molecule has 30 heavy (non-hydrogen) atoms. The average Bonchev–Trinajstić information content (AvgIpc) is 3.27. The highest BCUT2D eigenvalue weighted by atomic mass is 16.6. The first kappa shape index (κ1) is 22.2. The first-order valence-electron chi connectivity index (χ1n) is 10.9. The molecule has 1 saturated heterocycles. The monoisotopic (exact) mass is 416 g/mol. The Morgan fingerprint density at radius 2 is 1.83 bits per heavy atom. The fraction of sp³-hybridized carbons (Fsp3) is 0.636. The average molecular weight is 417 g/mol. The van der Waals surface area contributed by atoms with Crippen LogP contribution < -0.4 is 0 Å². The van der Waals surface area contributed by atoms with Crippen LogP contribution in [0.5, 0.6) is 0 Å². The molecule has 0 spiro atoms. The summed E-state index contributed by atoms with van der Waals surface area (Å²) < 4.78 is 0. The Morgan fingerprint density at radius 1 is 1.20 bits per heavy atom. The maximum absolute atomic E-state index is 13.1. The van der Waals surface area contributed by atoms with Crippen LogP contribution in [0.25, 0.3) is 0 Å². The smallest absolute Gasteiger partial charge is 0.273 e. The Labute approximate surface area is 178 Å². The van der Waals surface area contributed by atoms with Crippen molar-refractivity contribution in [1.29, 1.82) is 0 Å². The Morgan fingerprint density at radius 3 is 2.40 bits per heavy atom. The van der Waals surface area contributed by atoms with Gasteiger partial charge in [-0.1, -0.05) is 18.9 Å². The minimum Gasteiger partial charge on any atom is -0.345 e. The topological polar surface area (TPSA) is 87.0 Å². The summed E-state index contributed by atoms with van der Waals surface area (Å²) in [6.07, 6.45) is 4.52. The third-order valence-corrected chi connectivity index (χ3v) is 6.60. The van der Waals surface area contributed by atoms with Crippen molar-refractivity contribution in [3.8, 4) is 0 Å². The number of piperazine rings is 1. The van der Waals surface area contributed by atoms with Crippen LogP contribution in [-0.2, 0) is 4.79 Å². The van der Waals surface area contributed by atoms with E-state index in [1.807, 2.05) is 14.0 Å². The molecular formula is C22H32N4O4. The zero-order valence-corrected chi connectivity index (χ0v) is 18.2. The van der Waals surface area contributed by atoms with Crippen LogP contribution in [0.15, 0.2) is 18.2 Å². The number of nitrogens with zero attached hydrogens (tertiary/aromatic N) is 4. The van der Waals surface area contributed by atoms with Gasteiger partial charge in [-0.2, -0.15) is 0 Å². The van der Waals surface area contributed by atoms with E-state index in [0.717, 1.165) is 12.8 Å². The fourth-order valence-electron chi connectivity index (χ4n) is 4.64. The summed E-state index contributed by atoms with van der Waals surface area (Å²) >= 11 is 0. The third kappa shape index (κ3) is 4.64. The van der Waals surface area contributed by atoms with E-state index in [4.69, 9.17) is 0 Å². The second-order valence-electron chi connectivity index (χ2n) is 8.43. The predicted octanol–water partition coefficient (Wildman–Crippen LogP) is 2.70. The van der Waals surface area contributed by atoms with Gasteiger partial charge in [0.25, 0.3) is 11.6 Å². The van der Waals surface area contributed by atoms with Crippen molar-refractivity contribution in [2.75, 3.05) is 39.8 Å². The zero-order chi connectivity index (χ0) is 21.8. The van der Waals surface area contributed by atoms with Crippen LogP contribution in [-0.4, -0.2) is 77.3 Å². The van der Waals surface area contributed by atoms with Gasteiger partial charge in [-0.15, -0.1) is 0 Å². The molecule has 0 N–H and O–H groups in total. The normalized spacial score (nSPS) is 19.0. The second-order valence-corrected chi connectivity index (χ2v) is 8.43. The number of hydrogen-bond acceptors (Lipinski definition) is 5. The SMILES string of the molecule is CCN(C)C(=O)[C@@H](C1CCCC1)N1CCN(C(=O)c2ccc(C)c([N+](=O)[O-])c2)CC1. The Kier molecular flexibility index (Phi) is 7.07. The van der Waals surface area contributed by atoms with Gasteiger partial charge in [0.15, 0.2) is 0 Å². The molecule has 2 aliphatic rings. The second kappa shape index (κ2) is 9.55. The third-order valence-electron chi connectivity index (χ3n) is 6.60. The number of rotatable bonds is 6. The number of nitro benzene ring substituents is 1. The van der Waals surface area contributed by atoms with Gasteiger partial charge in [0.2, 0.25) is 5.91 Å². The molecule has 8 nitrogen and oxygen atoms in total. The number of carbonyl (C=O) groups is 2. The summed E-state index contributed by atoms with van der Waals surface area (Å²) in [5, 5.41) is 11.2. The van der Waals surface area contributed by atoms with Crippen molar-refractivity contribution < 1.29 is 14.5 Å². The molecule has 1 aliphatic heterocycles. The fourth-order valence-corrected chi connectivity index (χ4v) is 4.64. The standard InChI is InChI=1S/C22H32N4O4/c1-4-23(3)22(28)20(17-7-5-6-8-17)24-11-13-25(14-12-24)21(27)18-10-9-16(2)19(15-18)26(29)30/h9-10,15,17,20H,4-8,11-14H2,1-3H3/t20-/m1/s1. The van der Waals surface area contributed by atoms with Crippen LogP contribution in [0.4, 0.5) is 5.69 Å². The first-order valence-corrected chi connectivity index (χ1v) is 10.9. The van der Waals surface area contributed by atoms with Crippen LogP contribution in [0.1, 0.15) is 48.5 Å². The highest BCUT2D eigenvalue weighted by Crippen LogP contribution is 2.32. The van der Waals surface area contributed by atoms with E-state index in [2.05, 4.69) is 4.90 Å². The molecule has 1 aliphatic carbocycles. The lowest BCUT2D eigenvalue weighted by molar-refractivity contribution is -0.385. The molecule has 164 valence electrons. The molecular weight excluding hydrogens is 384 g/mol. The van der Waals surface area contributed by atoms with Crippen molar-refractivity contribution in [1.82, 2.24) is 14.7 Å². The van der Waals surface area contributed by atoms with Gasteiger partial charge in [0.05, 0.1) is 11.0 Å². The maximum atomic E-state index is 13.1. The number of carbonyl (C=O) groups excluding carboxylic acids is 2. The molecule has 0 aromatic heterocycles. The van der Waals surface area contributed by atoms with Crippen LogP contribution in [0.2, 0.25) is 0 Å². The lowest BCUT2D eigenvalue weighted by Gasteiger charge is -2.41. The van der Waals surface area contributed by atoms with E-state index in [-0.39, 0.29) is 23.5 Å². The van der Waals surface area contributed by atoms with Crippen LogP contribution in [0, 0.1) is 23.0 Å². The number of amides is 2. The van der Waals surface area contributed by atoms with Crippen molar-refractivity contribution in [2.45, 2.75) is 45.6 Å². The summed E-state index contributed by atoms with van der Waals surface area (Å²) in [5.74, 6) is 0.374. The lowest BCUT2D eigenvalue weighted by atomic mass is 9.94. The number of hydrogen-bond donors (Lipinski definition) is 0. The number of nitro groups is 1. The number of benzene rings is 1. The van der Waals surface area contributed by atoms with E-state index in [9.17, 15) is 19.7 Å². The minimum atomic E-state index is -0.452. The summed E-state index contributed by atoms with van der Waals surface area (Å²) in [5.41, 5.74) is 0.850. The summed E-state index contributed by atoms with van der Waals surface area (Å²) in [6.45, 7) is 6.67. The molecule has 2 amide bonds. The molecule has 3 rings (SSSR count). The molecule has 1 saturated carbocycles. The molecule has 8 heteroatoms. The van der Waals surface area contributed by atoms with E-state index in [0.29, 0.717) is 49.8 Å². The molecule has 1 heterocycles. The molecule has 0 unspecified atom stereocenters. The van der Waals surface area contributed by atoms with Crippen LogP contribution >= 0.6 is 0 Å². The van der Waals surface area contributed by atoms with Crippen molar-refractivity contribution >= 4 is 17.5 Å². The number of likely N-dealkylation sites (N-methyl/N-ethyl adjacent to an activating group) is 1. The highest BCUT2D eigenvalue weighted by Gasteiger charge is 2.38. The predicted molar refractivity (Wildman–Crippen MR) is 114 cm³/mol. The molecule has 2 fully saturated rings. The lowest BCUT2D eigenvalue weighted by Crippen LogP contribution is -2.58. The largest absolute Gasteiger partial charge is 0.345 e. The Hall–Kier alpha value is -2.48. The molecule has 0 radical (unpaired) electrons. The summed E-state index contributed by atoms with van der Waals surface area (Å²) in [7, 11) is 1.86. The van der Waals surface area contributed by atoms with E-state index < -0.39 is 4.92 Å². The Bertz CT molecular complexity index is 798. The van der Waals surface area contributed by atoms with Crippen LogP contribution in [0.3, 0.4) is 0 Å². The quantitative estimate of drug-likeness (QED) is 0.526. The van der Waals surface area contributed by atoms with Gasteiger partial charge in [-0.3, -0.25) is 24.6 Å². The highest BCUT2D eigenvalue weighted by molar-refractivity contribution is 5.95. The Balaban J connectivity index is 1.69. The van der Waals surface area contributed by atoms with Gasteiger partial charge < -0.3 is 9.80 Å². The van der Waals surface area contributed by atoms with Gasteiger partial charge in [-0.25, -0.2) is 0 Å². The van der Waals surface area contributed by atoms with Crippen molar-refractivity contribution in [2.24, 2.45) is 5.92 Å². The molecule has 1 atom stereocenters. The summed E-state index contributed by atoms with van der Waals surface area (Å²) in [4.78, 5) is 42.5. The molecule has 1 aromatic carbocycles. The van der Waals surface area contributed by atoms with Gasteiger partial charge in [0.1, 0.15) is 0 Å². The zero-order valence-electron chi connectivity index (χ0n) is 18.2. The summed E-state index contributed by atoms with van der Waals surface area (Å²) in [6, 6.07) is 4.52. The van der Waals surface area contributed by atoms with Gasteiger partial charge in [0, 0.05) is 57.0 Å². The molecule has 0 bridgehead atoms. The van der Waals surface area contributed by atoms with Crippen molar-refractivity contribution in [3.05, 3.63) is 39.4 Å². The minimum absolute atomic E-state index is 0.0333. The van der Waals surface area contributed by atoms with Gasteiger partial charge >= 0.3 is 0 Å². The molecule has 1 aromatic rings. The van der Waals surface area contributed by atoms with Gasteiger partial charge in [-0.05, 0) is 38.7 Å². The van der Waals surface area contributed by atoms with E-state index >= 15 is 0 Å². The van der Waals surface area contributed by atoms with E-state index in [1.165, 1.54) is 18.9 Å². The van der Waals surface area contributed by atoms with E-state index in [1.54, 1.807) is 28.9 Å². The number of aryl methyl sites for hydroxylation is 1. The first-order chi connectivity index (χ1) is 14.3. The maximum Gasteiger partial charge on any atom is 0.273 e.